The minimum absolute atomic E-state index is 0.0613. The van der Waals surface area contributed by atoms with Gasteiger partial charge >= 0.3 is 0 Å². The molecule has 0 radical (unpaired) electrons. The quantitative estimate of drug-likeness (QED) is 0.347. The number of nitrogens with zero attached hydrogens (tertiary/aromatic N) is 5. The number of nitrogens with one attached hydrogen (secondary N) is 1. The van der Waals surface area contributed by atoms with E-state index in [-0.39, 0.29) is 16.7 Å². The van der Waals surface area contributed by atoms with Gasteiger partial charge in [0.1, 0.15) is 5.56 Å². The summed E-state index contributed by atoms with van der Waals surface area (Å²) in [6, 6.07) is 11.9. The van der Waals surface area contributed by atoms with Crippen molar-refractivity contribution < 1.29 is 14.6 Å². The Bertz CT molecular complexity index is 1620. The first-order chi connectivity index (χ1) is 18.8. The molecule has 39 heavy (non-hydrogen) atoms. The molecule has 5 rings (SSSR count). The number of ether oxygens (including phenoxy) is 1. The number of carbonyl (C=O) groups is 1. The number of methoxy groups -OCH3 is 1. The normalized spacial score (nSPS) is 13.7. The maximum Gasteiger partial charge on any atom is 0.279 e. The van der Waals surface area contributed by atoms with Gasteiger partial charge in [-0.2, -0.15) is 10.1 Å². The van der Waals surface area contributed by atoms with Crippen molar-refractivity contribution in [1.29, 1.82) is 0 Å². The first kappa shape index (κ1) is 26.8. The number of rotatable bonds is 7. The number of aliphatic hydroxyl groups is 1. The van der Waals surface area contributed by atoms with Crippen molar-refractivity contribution >= 4 is 34.8 Å². The maximum atomic E-state index is 12.8. The Morgan fingerprint density at radius 2 is 1.79 bits per heavy atom. The highest BCUT2D eigenvalue weighted by Crippen LogP contribution is 2.41. The number of β-amino-alcohol motifs (C(OH)–C–C–N with tert-alkyl or cyclic N) is 1. The molecule has 12 heteroatoms. The van der Waals surface area contributed by atoms with E-state index in [0.717, 1.165) is 10.2 Å². The molecule has 0 saturated carbocycles. The van der Waals surface area contributed by atoms with Crippen LogP contribution in [0.2, 0.25) is 10.0 Å². The van der Waals surface area contributed by atoms with Crippen molar-refractivity contribution in [2.24, 2.45) is 7.05 Å². The standard InChI is InChI=1S/C27H24Cl2N6O4/c1-34-27(38)20(9-10-31-34)25(37)32-21-8-4-6-18(23(21)29)17-5-3-7-19(22(17)28)24-30-11-15(26(33-24)39-2)12-35-13-16(36)14-35/h3-11,16,36H,12-14H2,1-2H3,(H,32,37). The van der Waals surface area contributed by atoms with Crippen molar-refractivity contribution in [2.45, 2.75) is 12.6 Å². The summed E-state index contributed by atoms with van der Waals surface area (Å²) in [6.07, 6.45) is 2.76. The Labute approximate surface area is 233 Å². The zero-order valence-corrected chi connectivity index (χ0v) is 22.6. The Balaban J connectivity index is 1.45. The zero-order valence-electron chi connectivity index (χ0n) is 21.1. The highest BCUT2D eigenvalue weighted by atomic mass is 35.5. The van der Waals surface area contributed by atoms with Crippen molar-refractivity contribution in [1.82, 2.24) is 24.6 Å². The van der Waals surface area contributed by atoms with Crippen LogP contribution in [-0.4, -0.2) is 62.0 Å². The molecule has 200 valence electrons. The average molecular weight is 567 g/mol. The van der Waals surface area contributed by atoms with Crippen molar-refractivity contribution in [3.8, 4) is 28.4 Å². The van der Waals surface area contributed by atoms with E-state index < -0.39 is 11.5 Å². The van der Waals surface area contributed by atoms with E-state index in [2.05, 4.69) is 25.3 Å². The minimum atomic E-state index is -0.606. The van der Waals surface area contributed by atoms with Crippen LogP contribution in [0.1, 0.15) is 15.9 Å². The first-order valence-corrected chi connectivity index (χ1v) is 12.7. The number of amides is 1. The summed E-state index contributed by atoms with van der Waals surface area (Å²) >= 11 is 13.6. The molecule has 0 atom stereocenters. The third kappa shape index (κ3) is 5.37. The summed E-state index contributed by atoms with van der Waals surface area (Å²) in [5.41, 5.74) is 2.29. The summed E-state index contributed by atoms with van der Waals surface area (Å²) in [7, 11) is 3.01. The van der Waals surface area contributed by atoms with Crippen LogP contribution in [0.25, 0.3) is 22.5 Å². The molecule has 1 aliphatic rings. The predicted molar refractivity (Wildman–Crippen MR) is 148 cm³/mol. The summed E-state index contributed by atoms with van der Waals surface area (Å²) in [4.78, 5) is 36.3. The highest BCUT2D eigenvalue weighted by Gasteiger charge is 2.26. The molecule has 1 saturated heterocycles. The van der Waals surface area contributed by atoms with E-state index in [0.29, 0.717) is 58.7 Å². The van der Waals surface area contributed by atoms with Gasteiger partial charge in [0.05, 0.1) is 28.9 Å². The maximum absolute atomic E-state index is 12.8. The smallest absolute Gasteiger partial charge is 0.279 e. The topological polar surface area (TPSA) is 122 Å². The molecular formula is C27H24Cl2N6O4. The molecule has 10 nitrogen and oxygen atoms in total. The van der Waals surface area contributed by atoms with Crippen LogP contribution in [-0.2, 0) is 13.6 Å². The van der Waals surface area contributed by atoms with Gasteiger partial charge in [0.2, 0.25) is 5.88 Å². The van der Waals surface area contributed by atoms with Gasteiger partial charge in [0.15, 0.2) is 5.82 Å². The molecule has 4 aromatic rings. The molecule has 2 N–H and O–H groups in total. The molecule has 0 bridgehead atoms. The fraction of sp³-hybridized carbons (Fsp3) is 0.222. The van der Waals surface area contributed by atoms with Crippen molar-refractivity contribution in [3.63, 3.8) is 0 Å². The van der Waals surface area contributed by atoms with Gasteiger partial charge in [-0.1, -0.05) is 47.5 Å². The van der Waals surface area contributed by atoms with Gasteiger partial charge in [0, 0.05) is 61.3 Å². The third-order valence-electron chi connectivity index (χ3n) is 6.38. The number of hydrogen-bond donors (Lipinski definition) is 2. The lowest BCUT2D eigenvalue weighted by Crippen LogP contribution is -2.49. The molecule has 0 aliphatic carbocycles. The first-order valence-electron chi connectivity index (χ1n) is 12.0. The lowest BCUT2D eigenvalue weighted by Gasteiger charge is -2.35. The second-order valence-corrected chi connectivity index (χ2v) is 9.79. The van der Waals surface area contributed by atoms with Crippen LogP contribution in [0.4, 0.5) is 5.69 Å². The number of aryl methyl sites for hydroxylation is 1. The van der Waals surface area contributed by atoms with Gasteiger partial charge in [0.25, 0.3) is 11.5 Å². The Hall–Kier alpha value is -3.83. The van der Waals surface area contributed by atoms with Crippen LogP contribution < -0.4 is 15.6 Å². The molecule has 1 aliphatic heterocycles. The lowest BCUT2D eigenvalue weighted by molar-refractivity contribution is -0.00337. The fourth-order valence-electron chi connectivity index (χ4n) is 4.34. The Kier molecular flexibility index (Phi) is 7.62. The van der Waals surface area contributed by atoms with E-state index >= 15 is 0 Å². The highest BCUT2D eigenvalue weighted by molar-refractivity contribution is 6.39. The van der Waals surface area contributed by atoms with E-state index in [1.807, 2.05) is 6.07 Å². The van der Waals surface area contributed by atoms with Crippen molar-refractivity contribution in [2.75, 3.05) is 25.5 Å². The Morgan fingerprint density at radius 3 is 2.51 bits per heavy atom. The molecule has 1 fully saturated rings. The molecule has 0 unspecified atom stereocenters. The number of benzene rings is 2. The molecule has 2 aromatic carbocycles. The van der Waals surface area contributed by atoms with Gasteiger partial charge in [-0.3, -0.25) is 14.5 Å². The summed E-state index contributed by atoms with van der Waals surface area (Å²) < 4.78 is 6.59. The molecule has 0 spiro atoms. The van der Waals surface area contributed by atoms with Crippen LogP contribution in [0, 0.1) is 0 Å². The average Bonchev–Trinajstić information content (AvgIpc) is 2.91. The van der Waals surface area contributed by atoms with Gasteiger partial charge < -0.3 is 15.2 Å². The lowest BCUT2D eigenvalue weighted by atomic mass is 10.0. The molecular weight excluding hydrogens is 543 g/mol. The number of likely N-dealkylation sites (tertiary alicyclic amines) is 1. The van der Waals surface area contributed by atoms with Gasteiger partial charge in [-0.05, 0) is 18.2 Å². The van der Waals surface area contributed by atoms with E-state index in [1.165, 1.54) is 19.3 Å². The summed E-state index contributed by atoms with van der Waals surface area (Å²) in [6.45, 7) is 1.75. The zero-order chi connectivity index (χ0) is 27.7. The number of halogens is 2. The second kappa shape index (κ2) is 11.1. The predicted octanol–water partition coefficient (Wildman–Crippen LogP) is 3.65. The number of aromatic nitrogens is 4. The number of hydrogen-bond acceptors (Lipinski definition) is 8. The second-order valence-electron chi connectivity index (χ2n) is 9.04. The fourth-order valence-corrected chi connectivity index (χ4v) is 4.92. The number of aliphatic hydroxyl groups excluding tert-OH is 1. The Morgan fingerprint density at radius 1 is 1.10 bits per heavy atom. The minimum Gasteiger partial charge on any atom is -0.481 e. The number of anilines is 1. The SMILES string of the molecule is COc1nc(-c2cccc(-c3cccc(NC(=O)c4ccnn(C)c4=O)c3Cl)c2Cl)ncc1CN1CC(O)C1. The molecule has 3 heterocycles. The molecule has 2 aromatic heterocycles. The van der Waals surface area contributed by atoms with Crippen LogP contribution >= 0.6 is 23.2 Å². The monoisotopic (exact) mass is 566 g/mol. The summed E-state index contributed by atoms with van der Waals surface area (Å²) in [5.74, 6) is 0.193. The van der Waals surface area contributed by atoms with Crippen molar-refractivity contribution in [3.05, 3.63) is 86.4 Å². The van der Waals surface area contributed by atoms with E-state index in [4.69, 9.17) is 27.9 Å². The number of carbonyl (C=O) groups excluding carboxylic acids is 1. The van der Waals surface area contributed by atoms with E-state index in [9.17, 15) is 14.7 Å². The van der Waals surface area contributed by atoms with Crippen LogP contribution in [0.3, 0.4) is 0 Å². The van der Waals surface area contributed by atoms with Gasteiger partial charge in [-0.25, -0.2) is 9.67 Å². The van der Waals surface area contributed by atoms with E-state index in [1.54, 1.807) is 43.6 Å². The van der Waals surface area contributed by atoms with Crippen LogP contribution in [0.5, 0.6) is 5.88 Å². The summed E-state index contributed by atoms with van der Waals surface area (Å²) in [5, 5.41) is 16.7. The largest absolute Gasteiger partial charge is 0.481 e. The molecule has 1 amide bonds. The van der Waals surface area contributed by atoms with Gasteiger partial charge in [-0.15, -0.1) is 0 Å². The van der Waals surface area contributed by atoms with Crippen LogP contribution in [0.15, 0.2) is 59.7 Å². The third-order valence-corrected chi connectivity index (χ3v) is 7.19.